The highest BCUT2D eigenvalue weighted by Gasteiger charge is 2.28. The lowest BCUT2D eigenvalue weighted by molar-refractivity contribution is -0.113. The first-order chi connectivity index (χ1) is 9.89. The Labute approximate surface area is 124 Å². The molecule has 9 nitrogen and oxygen atoms in total. The Morgan fingerprint density at radius 2 is 1.67 bits per heavy atom. The van der Waals surface area contributed by atoms with Crippen molar-refractivity contribution in [2.75, 3.05) is 21.2 Å². The van der Waals surface area contributed by atoms with Gasteiger partial charge in [-0.25, -0.2) is 0 Å². The number of nitrogens with one attached hydrogen (secondary N) is 3. The monoisotopic (exact) mass is 309 g/mol. The van der Waals surface area contributed by atoms with Crippen molar-refractivity contribution in [1.29, 1.82) is 0 Å². The minimum absolute atomic E-state index is 0.0654. The Morgan fingerprint density at radius 1 is 1.05 bits per heavy atom. The summed E-state index contributed by atoms with van der Waals surface area (Å²) in [5.41, 5.74) is 0. The van der Waals surface area contributed by atoms with E-state index in [0.717, 1.165) is 0 Å². The average molecular weight is 309 g/mol. The SMILES string of the molecule is CNC(C=O)[C@H](CC(O)OC)N[C@@H](O)[C@H](CC(O)O)NC. The second kappa shape index (κ2) is 11.0. The molecule has 0 amide bonds. The van der Waals surface area contributed by atoms with Crippen LogP contribution in [0.1, 0.15) is 12.8 Å². The van der Waals surface area contributed by atoms with E-state index in [9.17, 15) is 15.0 Å². The summed E-state index contributed by atoms with van der Waals surface area (Å²) in [4.78, 5) is 11.0. The number of carbonyl (C=O) groups is 1. The van der Waals surface area contributed by atoms with Gasteiger partial charge in [0.2, 0.25) is 0 Å². The molecule has 0 aliphatic heterocycles. The first-order valence-electron chi connectivity index (χ1n) is 6.70. The molecule has 9 heteroatoms. The molecular weight excluding hydrogens is 282 g/mol. The Bertz CT molecular complexity index is 282. The maximum Gasteiger partial charge on any atom is 0.155 e. The van der Waals surface area contributed by atoms with E-state index in [4.69, 9.17) is 14.9 Å². The standard InChI is InChI=1S/C12H27N3O6/c1-13-8(4-10(17)18)12(20)15-7(5-11(19)21-3)9(6-16)14-2/h6-15,17-20H,4-5H2,1-3H3/t7-,8-,9?,11?,12-/m0/s1. The second-order valence-corrected chi connectivity index (χ2v) is 4.71. The number of ether oxygens (including phenoxy) is 1. The number of hydrogen-bond donors (Lipinski definition) is 7. The summed E-state index contributed by atoms with van der Waals surface area (Å²) < 4.78 is 4.75. The van der Waals surface area contributed by atoms with E-state index in [2.05, 4.69) is 16.0 Å². The summed E-state index contributed by atoms with van der Waals surface area (Å²) in [5.74, 6) is 0. The quantitative estimate of drug-likeness (QED) is 0.146. The molecule has 0 aliphatic carbocycles. The highest BCUT2D eigenvalue weighted by Crippen LogP contribution is 2.07. The summed E-state index contributed by atoms with van der Waals surface area (Å²) in [5, 5.41) is 45.9. The van der Waals surface area contributed by atoms with Crippen molar-refractivity contribution in [2.45, 2.75) is 49.8 Å². The molecule has 0 saturated heterocycles. The average Bonchev–Trinajstić information content (AvgIpc) is 2.45. The first kappa shape index (κ1) is 20.3. The lowest BCUT2D eigenvalue weighted by Gasteiger charge is -2.31. The maximum atomic E-state index is 11.0. The van der Waals surface area contributed by atoms with Crippen LogP contribution in [0.2, 0.25) is 0 Å². The number of aliphatic hydroxyl groups is 4. The Hall–Kier alpha value is -0.650. The lowest BCUT2D eigenvalue weighted by Crippen LogP contribution is -2.58. The van der Waals surface area contributed by atoms with Crippen LogP contribution in [0.15, 0.2) is 0 Å². The van der Waals surface area contributed by atoms with Gasteiger partial charge in [0.05, 0.1) is 12.1 Å². The molecular formula is C12H27N3O6. The van der Waals surface area contributed by atoms with Gasteiger partial charge in [-0.3, -0.25) is 5.32 Å². The molecule has 0 saturated carbocycles. The molecule has 0 radical (unpaired) electrons. The van der Waals surface area contributed by atoms with Crippen LogP contribution in [0.5, 0.6) is 0 Å². The van der Waals surface area contributed by atoms with Gasteiger partial charge in [-0.05, 0) is 14.1 Å². The fourth-order valence-electron chi connectivity index (χ4n) is 1.96. The van der Waals surface area contributed by atoms with Gasteiger partial charge in [0.1, 0.15) is 12.5 Å². The molecule has 7 N–H and O–H groups in total. The molecule has 5 atom stereocenters. The van der Waals surface area contributed by atoms with Crippen LogP contribution >= 0.6 is 0 Å². The summed E-state index contributed by atoms with van der Waals surface area (Å²) >= 11 is 0. The van der Waals surface area contributed by atoms with Gasteiger partial charge in [-0.1, -0.05) is 0 Å². The van der Waals surface area contributed by atoms with Gasteiger partial charge in [0, 0.05) is 26.0 Å². The van der Waals surface area contributed by atoms with E-state index in [-0.39, 0.29) is 12.8 Å². The van der Waals surface area contributed by atoms with E-state index in [1.807, 2.05) is 0 Å². The Kier molecular flexibility index (Phi) is 10.6. The van der Waals surface area contributed by atoms with Crippen LogP contribution in [0.4, 0.5) is 0 Å². The smallest absolute Gasteiger partial charge is 0.155 e. The zero-order valence-electron chi connectivity index (χ0n) is 12.6. The number of likely N-dealkylation sites (N-methyl/N-ethyl adjacent to an activating group) is 2. The predicted molar refractivity (Wildman–Crippen MR) is 75.2 cm³/mol. The largest absolute Gasteiger partial charge is 0.377 e. The van der Waals surface area contributed by atoms with Crippen LogP contribution in [0.3, 0.4) is 0 Å². The minimum Gasteiger partial charge on any atom is -0.377 e. The molecule has 0 heterocycles. The third kappa shape index (κ3) is 7.79. The minimum atomic E-state index is -1.58. The molecule has 0 fully saturated rings. The molecule has 0 spiro atoms. The number of hydrogen-bond acceptors (Lipinski definition) is 9. The van der Waals surface area contributed by atoms with Gasteiger partial charge >= 0.3 is 0 Å². The van der Waals surface area contributed by atoms with Crippen molar-refractivity contribution in [3.05, 3.63) is 0 Å². The van der Waals surface area contributed by atoms with Gasteiger partial charge in [0.15, 0.2) is 12.6 Å². The molecule has 21 heavy (non-hydrogen) atoms. The second-order valence-electron chi connectivity index (χ2n) is 4.71. The van der Waals surface area contributed by atoms with Crippen LogP contribution < -0.4 is 16.0 Å². The van der Waals surface area contributed by atoms with Crippen LogP contribution in [0, 0.1) is 0 Å². The molecule has 0 aromatic heterocycles. The predicted octanol–water partition coefficient (Wildman–Crippen LogP) is -3.31. The van der Waals surface area contributed by atoms with Gasteiger partial charge < -0.3 is 40.6 Å². The summed E-state index contributed by atoms with van der Waals surface area (Å²) in [7, 11) is 4.46. The van der Waals surface area contributed by atoms with Crippen LogP contribution in [-0.4, -0.2) is 84.9 Å². The van der Waals surface area contributed by atoms with E-state index in [0.29, 0.717) is 6.29 Å². The highest BCUT2D eigenvalue weighted by molar-refractivity contribution is 5.58. The fraction of sp³-hybridized carbons (Fsp3) is 0.917. The van der Waals surface area contributed by atoms with E-state index >= 15 is 0 Å². The highest BCUT2D eigenvalue weighted by atomic mass is 16.6. The number of rotatable bonds is 12. The van der Waals surface area contributed by atoms with Crippen LogP contribution in [0.25, 0.3) is 0 Å². The van der Waals surface area contributed by atoms with E-state index in [1.54, 1.807) is 14.1 Å². The van der Waals surface area contributed by atoms with Crippen LogP contribution in [-0.2, 0) is 9.53 Å². The molecule has 0 rings (SSSR count). The van der Waals surface area contributed by atoms with E-state index < -0.39 is 36.9 Å². The lowest BCUT2D eigenvalue weighted by atomic mass is 10.0. The van der Waals surface area contributed by atoms with Crippen molar-refractivity contribution in [1.82, 2.24) is 16.0 Å². The van der Waals surface area contributed by atoms with Crippen molar-refractivity contribution in [3.63, 3.8) is 0 Å². The summed E-state index contributed by atoms with van der Waals surface area (Å²) in [6, 6.07) is -1.90. The number of carbonyl (C=O) groups excluding carboxylic acids is 1. The van der Waals surface area contributed by atoms with Crippen molar-refractivity contribution < 1.29 is 30.0 Å². The topological polar surface area (TPSA) is 143 Å². The molecule has 0 aromatic carbocycles. The number of methoxy groups -OCH3 is 1. The molecule has 2 unspecified atom stereocenters. The van der Waals surface area contributed by atoms with Gasteiger partial charge in [0.25, 0.3) is 0 Å². The van der Waals surface area contributed by atoms with Crippen molar-refractivity contribution >= 4 is 6.29 Å². The number of aldehydes is 1. The molecule has 0 aliphatic rings. The summed E-state index contributed by atoms with van der Waals surface area (Å²) in [6.07, 6.45) is -3.20. The zero-order chi connectivity index (χ0) is 16.4. The molecule has 126 valence electrons. The zero-order valence-corrected chi connectivity index (χ0v) is 12.6. The fourth-order valence-corrected chi connectivity index (χ4v) is 1.96. The van der Waals surface area contributed by atoms with Crippen molar-refractivity contribution in [3.8, 4) is 0 Å². The Morgan fingerprint density at radius 3 is 2.05 bits per heavy atom. The third-order valence-electron chi connectivity index (χ3n) is 3.24. The van der Waals surface area contributed by atoms with E-state index in [1.165, 1.54) is 7.11 Å². The number of aliphatic hydroxyl groups excluding tert-OH is 3. The normalized spacial score (nSPS) is 19.0. The van der Waals surface area contributed by atoms with Gasteiger partial charge in [-0.2, -0.15) is 0 Å². The third-order valence-corrected chi connectivity index (χ3v) is 3.24. The molecule has 0 aromatic rings. The van der Waals surface area contributed by atoms with Crippen molar-refractivity contribution in [2.24, 2.45) is 0 Å². The maximum absolute atomic E-state index is 11.0. The first-order valence-corrected chi connectivity index (χ1v) is 6.70. The van der Waals surface area contributed by atoms with Gasteiger partial charge in [-0.15, -0.1) is 0 Å². The summed E-state index contributed by atoms with van der Waals surface area (Å²) in [6.45, 7) is 0. The Balaban J connectivity index is 4.79. The molecule has 0 bridgehead atoms.